The summed E-state index contributed by atoms with van der Waals surface area (Å²) in [5, 5.41) is 14.8. The SMILES string of the molecule is CC1(C)NC(=O)N(C[C@H](O)COc2ccc3ccccc3c2)C1=O. The average molecular weight is 328 g/mol. The van der Waals surface area contributed by atoms with E-state index in [0.29, 0.717) is 5.75 Å². The van der Waals surface area contributed by atoms with Gasteiger partial charge >= 0.3 is 6.03 Å². The third-order valence-electron chi connectivity index (χ3n) is 4.00. The highest BCUT2D eigenvalue weighted by Gasteiger charge is 2.44. The van der Waals surface area contributed by atoms with Crippen molar-refractivity contribution in [3.05, 3.63) is 42.5 Å². The molecular formula is C18H20N2O4. The number of β-amino-alcohol motifs (C(OH)–C–C–N with tert-alkyl or cyclic N) is 1. The summed E-state index contributed by atoms with van der Waals surface area (Å²) >= 11 is 0. The number of ether oxygens (including phenoxy) is 1. The molecule has 0 saturated carbocycles. The predicted molar refractivity (Wildman–Crippen MR) is 89.8 cm³/mol. The molecule has 3 amide bonds. The van der Waals surface area contributed by atoms with Crippen molar-refractivity contribution in [2.75, 3.05) is 13.2 Å². The number of fused-ring (bicyclic) bond motifs is 1. The molecule has 3 rings (SSSR count). The van der Waals surface area contributed by atoms with E-state index < -0.39 is 17.7 Å². The molecule has 0 bridgehead atoms. The van der Waals surface area contributed by atoms with E-state index >= 15 is 0 Å². The molecule has 0 aromatic heterocycles. The van der Waals surface area contributed by atoms with E-state index in [1.807, 2.05) is 42.5 Å². The molecule has 2 aromatic rings. The van der Waals surface area contributed by atoms with Crippen LogP contribution in [0.1, 0.15) is 13.8 Å². The largest absolute Gasteiger partial charge is 0.491 e. The third kappa shape index (κ3) is 3.19. The Hall–Kier alpha value is -2.60. The van der Waals surface area contributed by atoms with E-state index in [1.54, 1.807) is 13.8 Å². The Balaban J connectivity index is 1.60. The van der Waals surface area contributed by atoms with Crippen LogP contribution in [-0.4, -0.2) is 46.7 Å². The second-order valence-electron chi connectivity index (χ2n) is 6.44. The van der Waals surface area contributed by atoms with Gasteiger partial charge < -0.3 is 15.2 Å². The van der Waals surface area contributed by atoms with Crippen LogP contribution in [0.5, 0.6) is 5.75 Å². The fraction of sp³-hybridized carbons (Fsp3) is 0.333. The first-order chi connectivity index (χ1) is 11.4. The normalized spacial score (nSPS) is 17.9. The van der Waals surface area contributed by atoms with Crippen molar-refractivity contribution in [3.63, 3.8) is 0 Å². The van der Waals surface area contributed by atoms with Gasteiger partial charge in [-0.25, -0.2) is 4.79 Å². The van der Waals surface area contributed by atoms with Gasteiger partial charge in [0.15, 0.2) is 0 Å². The van der Waals surface area contributed by atoms with Crippen molar-refractivity contribution in [1.29, 1.82) is 0 Å². The van der Waals surface area contributed by atoms with Crippen LogP contribution in [-0.2, 0) is 4.79 Å². The van der Waals surface area contributed by atoms with Gasteiger partial charge in [-0.2, -0.15) is 0 Å². The van der Waals surface area contributed by atoms with Crippen molar-refractivity contribution in [1.82, 2.24) is 10.2 Å². The van der Waals surface area contributed by atoms with E-state index in [-0.39, 0.29) is 19.1 Å². The van der Waals surface area contributed by atoms with Gasteiger partial charge in [-0.15, -0.1) is 0 Å². The first kappa shape index (κ1) is 16.3. The zero-order valence-corrected chi connectivity index (χ0v) is 13.7. The zero-order valence-electron chi connectivity index (χ0n) is 13.7. The second-order valence-corrected chi connectivity index (χ2v) is 6.44. The summed E-state index contributed by atoms with van der Waals surface area (Å²) in [4.78, 5) is 24.9. The highest BCUT2D eigenvalue weighted by Crippen LogP contribution is 2.21. The van der Waals surface area contributed by atoms with Gasteiger partial charge in [0, 0.05) is 0 Å². The number of hydrogen-bond donors (Lipinski definition) is 2. The summed E-state index contributed by atoms with van der Waals surface area (Å²) in [7, 11) is 0. The molecule has 1 fully saturated rings. The van der Waals surface area contributed by atoms with Crippen LogP contribution < -0.4 is 10.1 Å². The molecule has 0 radical (unpaired) electrons. The number of aliphatic hydroxyl groups excluding tert-OH is 1. The minimum Gasteiger partial charge on any atom is -0.491 e. The third-order valence-corrected chi connectivity index (χ3v) is 4.00. The second kappa shape index (κ2) is 6.13. The molecule has 126 valence electrons. The number of urea groups is 1. The molecule has 0 unspecified atom stereocenters. The van der Waals surface area contributed by atoms with Crippen LogP contribution in [0.25, 0.3) is 10.8 Å². The topological polar surface area (TPSA) is 78.9 Å². The van der Waals surface area contributed by atoms with E-state index in [0.717, 1.165) is 15.7 Å². The van der Waals surface area contributed by atoms with Gasteiger partial charge in [-0.1, -0.05) is 30.3 Å². The summed E-state index contributed by atoms with van der Waals surface area (Å²) in [6.07, 6.45) is -0.958. The van der Waals surface area contributed by atoms with Gasteiger partial charge in [0.05, 0.1) is 6.54 Å². The van der Waals surface area contributed by atoms with Gasteiger partial charge in [0.2, 0.25) is 0 Å². The van der Waals surface area contributed by atoms with Crippen molar-refractivity contribution in [2.45, 2.75) is 25.5 Å². The number of nitrogens with zero attached hydrogens (tertiary/aromatic N) is 1. The first-order valence-corrected chi connectivity index (χ1v) is 7.80. The maximum Gasteiger partial charge on any atom is 0.325 e. The Bertz CT molecular complexity index is 787. The maximum absolute atomic E-state index is 12.1. The van der Waals surface area contributed by atoms with Crippen LogP contribution >= 0.6 is 0 Å². The van der Waals surface area contributed by atoms with Gasteiger partial charge in [0.25, 0.3) is 5.91 Å². The van der Waals surface area contributed by atoms with E-state index in [4.69, 9.17) is 4.74 Å². The summed E-state index contributed by atoms with van der Waals surface area (Å²) in [5.41, 5.74) is -0.935. The van der Waals surface area contributed by atoms with Crippen LogP contribution in [0.4, 0.5) is 4.79 Å². The molecule has 1 aliphatic rings. The summed E-state index contributed by atoms with van der Waals surface area (Å²) in [5.74, 6) is 0.280. The number of imide groups is 1. The smallest absolute Gasteiger partial charge is 0.325 e. The molecule has 0 aliphatic carbocycles. The monoisotopic (exact) mass is 328 g/mol. The van der Waals surface area contributed by atoms with Crippen LogP contribution in [0.15, 0.2) is 42.5 Å². The van der Waals surface area contributed by atoms with Crippen LogP contribution in [0.2, 0.25) is 0 Å². The lowest BCUT2D eigenvalue weighted by molar-refractivity contribution is -0.131. The average Bonchev–Trinajstić information content (AvgIpc) is 2.74. The maximum atomic E-state index is 12.1. The minimum absolute atomic E-state index is 0.00414. The Morgan fingerprint density at radius 3 is 2.54 bits per heavy atom. The predicted octanol–water partition coefficient (Wildman–Crippen LogP) is 1.91. The van der Waals surface area contributed by atoms with Gasteiger partial charge in [0.1, 0.15) is 24.0 Å². The lowest BCUT2D eigenvalue weighted by atomic mass is 10.1. The fourth-order valence-electron chi connectivity index (χ4n) is 2.70. The summed E-state index contributed by atoms with van der Waals surface area (Å²) < 4.78 is 5.59. The first-order valence-electron chi connectivity index (χ1n) is 7.80. The van der Waals surface area contributed by atoms with Crippen LogP contribution in [0.3, 0.4) is 0 Å². The highest BCUT2D eigenvalue weighted by atomic mass is 16.5. The molecule has 0 spiro atoms. The Morgan fingerprint density at radius 1 is 1.17 bits per heavy atom. The van der Waals surface area contributed by atoms with E-state index in [2.05, 4.69) is 5.32 Å². The number of nitrogens with one attached hydrogen (secondary N) is 1. The highest BCUT2D eigenvalue weighted by molar-refractivity contribution is 6.06. The molecule has 24 heavy (non-hydrogen) atoms. The number of hydrogen-bond acceptors (Lipinski definition) is 4. The van der Waals surface area contributed by atoms with Crippen LogP contribution in [0, 0.1) is 0 Å². The molecular weight excluding hydrogens is 308 g/mol. The van der Waals surface area contributed by atoms with E-state index in [9.17, 15) is 14.7 Å². The summed E-state index contributed by atoms with van der Waals surface area (Å²) in [6, 6.07) is 13.1. The Morgan fingerprint density at radius 2 is 1.88 bits per heavy atom. The van der Waals surface area contributed by atoms with Crippen molar-refractivity contribution in [2.24, 2.45) is 0 Å². The number of amides is 3. The van der Waals surface area contributed by atoms with Crippen molar-refractivity contribution >= 4 is 22.7 Å². The molecule has 1 aliphatic heterocycles. The standard InChI is InChI=1S/C18H20N2O4/c1-18(2)16(22)20(17(23)19-18)10-14(21)11-24-15-8-7-12-5-3-4-6-13(12)9-15/h3-9,14,21H,10-11H2,1-2H3,(H,19,23)/t14-/m0/s1. The quantitative estimate of drug-likeness (QED) is 0.822. The molecule has 6 nitrogen and oxygen atoms in total. The Labute approximate surface area is 140 Å². The lowest BCUT2D eigenvalue weighted by Gasteiger charge is -2.19. The molecule has 1 heterocycles. The van der Waals surface area contributed by atoms with Crippen molar-refractivity contribution in [3.8, 4) is 5.75 Å². The summed E-state index contributed by atoms with van der Waals surface area (Å²) in [6.45, 7) is 3.16. The van der Waals surface area contributed by atoms with Gasteiger partial charge in [-0.05, 0) is 36.8 Å². The number of carbonyl (C=O) groups is 2. The molecule has 2 N–H and O–H groups in total. The number of benzene rings is 2. The fourth-order valence-corrected chi connectivity index (χ4v) is 2.70. The number of aliphatic hydroxyl groups is 1. The molecule has 1 atom stereocenters. The lowest BCUT2D eigenvalue weighted by Crippen LogP contribution is -2.42. The Kier molecular flexibility index (Phi) is 4.15. The molecule has 1 saturated heterocycles. The molecule has 6 heteroatoms. The number of rotatable bonds is 5. The zero-order chi connectivity index (χ0) is 17.3. The minimum atomic E-state index is -0.958. The van der Waals surface area contributed by atoms with Crippen molar-refractivity contribution < 1.29 is 19.4 Å². The van der Waals surface area contributed by atoms with E-state index in [1.165, 1.54) is 0 Å². The molecule has 2 aromatic carbocycles. The number of carbonyl (C=O) groups excluding carboxylic acids is 2. The van der Waals surface area contributed by atoms with Gasteiger partial charge in [-0.3, -0.25) is 9.69 Å².